The Labute approximate surface area is 214 Å². The van der Waals surface area contributed by atoms with E-state index in [1.54, 1.807) is 47.5 Å². The van der Waals surface area contributed by atoms with E-state index < -0.39 is 0 Å². The van der Waals surface area contributed by atoms with Gasteiger partial charge in [0.25, 0.3) is 5.91 Å². The number of morpholine rings is 1. The van der Waals surface area contributed by atoms with E-state index in [2.05, 4.69) is 20.3 Å². The summed E-state index contributed by atoms with van der Waals surface area (Å²) >= 11 is 0. The summed E-state index contributed by atoms with van der Waals surface area (Å²) in [7, 11) is 1.86. The number of hydrogen-bond acceptors (Lipinski definition) is 6. The van der Waals surface area contributed by atoms with Gasteiger partial charge in [0.05, 0.1) is 36.9 Å². The number of aryl methyl sites for hydroxylation is 1. The highest BCUT2D eigenvalue weighted by Gasteiger charge is 2.21. The molecule has 0 aliphatic carbocycles. The Bertz CT molecular complexity index is 1350. The van der Waals surface area contributed by atoms with Crippen molar-refractivity contribution in [2.45, 2.75) is 13.2 Å². The molecular weight excluding hydrogens is 473 g/mol. The topological polar surface area (TPSA) is 81.5 Å². The number of carbonyl (C=O) groups excluding carboxylic acids is 1. The fourth-order valence-corrected chi connectivity index (χ4v) is 4.26. The van der Waals surface area contributed by atoms with Crippen molar-refractivity contribution in [1.29, 1.82) is 0 Å². The molecule has 5 rings (SSSR count). The Morgan fingerprint density at radius 2 is 1.95 bits per heavy atom. The molecule has 3 heterocycles. The van der Waals surface area contributed by atoms with Crippen LogP contribution in [0.4, 0.5) is 10.1 Å². The maximum atomic E-state index is 13.5. The first-order valence-electron chi connectivity index (χ1n) is 12.1. The molecular formula is C28H28FN5O3. The molecule has 0 bridgehead atoms. The molecule has 0 unspecified atom stereocenters. The molecule has 8 nitrogen and oxygen atoms in total. The molecule has 9 heteroatoms. The summed E-state index contributed by atoms with van der Waals surface area (Å²) in [6.45, 7) is 3.87. The average Bonchev–Trinajstić information content (AvgIpc) is 3.35. The first-order valence-corrected chi connectivity index (χ1v) is 12.1. The fraction of sp³-hybridized carbons (Fsp3) is 0.250. The highest BCUT2D eigenvalue weighted by Crippen LogP contribution is 2.33. The number of hydrogen-bond donors (Lipinski definition) is 1. The van der Waals surface area contributed by atoms with E-state index in [1.165, 1.54) is 12.1 Å². The van der Waals surface area contributed by atoms with Crippen LogP contribution in [0.2, 0.25) is 0 Å². The third kappa shape index (κ3) is 6.19. The van der Waals surface area contributed by atoms with Crippen LogP contribution >= 0.6 is 0 Å². The molecule has 1 aliphatic rings. The Morgan fingerprint density at radius 1 is 1.14 bits per heavy atom. The van der Waals surface area contributed by atoms with Gasteiger partial charge in [-0.1, -0.05) is 12.1 Å². The van der Waals surface area contributed by atoms with Crippen LogP contribution in [0.3, 0.4) is 0 Å². The van der Waals surface area contributed by atoms with Crippen LogP contribution in [0.25, 0.3) is 11.1 Å². The average molecular weight is 502 g/mol. The molecule has 1 amide bonds. The van der Waals surface area contributed by atoms with Gasteiger partial charge in [-0.3, -0.25) is 19.4 Å². The summed E-state index contributed by atoms with van der Waals surface area (Å²) in [5, 5.41) is 7.25. The highest BCUT2D eigenvalue weighted by molar-refractivity contribution is 6.07. The van der Waals surface area contributed by atoms with Gasteiger partial charge in [0, 0.05) is 44.6 Å². The second-order valence-corrected chi connectivity index (χ2v) is 8.91. The Morgan fingerprint density at radius 3 is 2.65 bits per heavy atom. The molecule has 0 radical (unpaired) electrons. The predicted molar refractivity (Wildman–Crippen MR) is 138 cm³/mol. The van der Waals surface area contributed by atoms with Gasteiger partial charge in [-0.2, -0.15) is 5.10 Å². The molecule has 2 aromatic carbocycles. The largest absolute Gasteiger partial charge is 0.488 e. The van der Waals surface area contributed by atoms with Gasteiger partial charge in [0.1, 0.15) is 18.2 Å². The van der Waals surface area contributed by atoms with Gasteiger partial charge in [-0.05, 0) is 53.1 Å². The minimum atomic E-state index is -0.315. The first kappa shape index (κ1) is 24.6. The quantitative estimate of drug-likeness (QED) is 0.388. The van der Waals surface area contributed by atoms with Crippen molar-refractivity contribution in [2.24, 2.45) is 7.05 Å². The summed E-state index contributed by atoms with van der Waals surface area (Å²) in [4.78, 5) is 19.9. The standard InChI is InChI=1S/C28H28FN5O3/c1-33-17-22(15-31-33)25-14-26(28(35)32-24-3-2-8-30-16-24)27(37-19-20-4-6-23(29)7-5-20)13-21(25)18-34-9-11-36-12-10-34/h2-8,13-17H,9-12,18-19H2,1H3,(H,32,35). The molecule has 1 aliphatic heterocycles. The zero-order chi connectivity index (χ0) is 25.6. The molecule has 0 saturated carbocycles. The van der Waals surface area contributed by atoms with Crippen LogP contribution in [0.1, 0.15) is 21.5 Å². The van der Waals surface area contributed by atoms with Crippen molar-refractivity contribution in [3.63, 3.8) is 0 Å². The van der Waals surface area contributed by atoms with Crippen LogP contribution in [0, 0.1) is 5.82 Å². The number of anilines is 1. The second-order valence-electron chi connectivity index (χ2n) is 8.91. The number of amides is 1. The molecule has 2 aromatic heterocycles. The van der Waals surface area contributed by atoms with Gasteiger partial charge in [-0.25, -0.2) is 4.39 Å². The lowest BCUT2D eigenvalue weighted by Crippen LogP contribution is -2.35. The maximum Gasteiger partial charge on any atom is 0.259 e. The first-order chi connectivity index (χ1) is 18.0. The van der Waals surface area contributed by atoms with Crippen LogP contribution in [0.5, 0.6) is 5.75 Å². The monoisotopic (exact) mass is 501 g/mol. The molecule has 4 aromatic rings. The zero-order valence-corrected chi connectivity index (χ0v) is 20.6. The van der Waals surface area contributed by atoms with E-state index in [0.29, 0.717) is 36.8 Å². The SMILES string of the molecule is Cn1cc(-c2cc(C(=O)Nc3cccnc3)c(OCc3ccc(F)cc3)cc2CN2CCOCC2)cn1. The highest BCUT2D eigenvalue weighted by atomic mass is 19.1. The lowest BCUT2D eigenvalue weighted by atomic mass is 9.97. The third-order valence-electron chi connectivity index (χ3n) is 6.19. The summed E-state index contributed by atoms with van der Waals surface area (Å²) in [5.74, 6) is -0.180. The van der Waals surface area contributed by atoms with E-state index in [-0.39, 0.29) is 18.3 Å². The summed E-state index contributed by atoms with van der Waals surface area (Å²) in [5.41, 5.74) is 4.59. The molecule has 1 N–H and O–H groups in total. The summed E-state index contributed by atoms with van der Waals surface area (Å²) in [6.07, 6.45) is 6.96. The summed E-state index contributed by atoms with van der Waals surface area (Å²) < 4.78 is 26.8. The van der Waals surface area contributed by atoms with Crippen molar-refractivity contribution in [2.75, 3.05) is 31.6 Å². The van der Waals surface area contributed by atoms with E-state index in [4.69, 9.17) is 9.47 Å². The van der Waals surface area contributed by atoms with Crippen molar-refractivity contribution >= 4 is 11.6 Å². The Balaban J connectivity index is 1.53. The molecule has 0 atom stereocenters. The van der Waals surface area contributed by atoms with Crippen molar-refractivity contribution in [1.82, 2.24) is 19.7 Å². The van der Waals surface area contributed by atoms with Crippen molar-refractivity contribution in [3.05, 3.63) is 95.8 Å². The van der Waals surface area contributed by atoms with Gasteiger partial charge >= 0.3 is 0 Å². The number of pyridine rings is 1. The Kier molecular flexibility index (Phi) is 7.53. The normalized spacial score (nSPS) is 13.9. The number of nitrogens with zero attached hydrogens (tertiary/aromatic N) is 4. The number of ether oxygens (including phenoxy) is 2. The van der Waals surface area contributed by atoms with Gasteiger partial charge < -0.3 is 14.8 Å². The second kappa shape index (κ2) is 11.3. The lowest BCUT2D eigenvalue weighted by Gasteiger charge is -2.28. The van der Waals surface area contributed by atoms with Gasteiger partial charge in [0.2, 0.25) is 0 Å². The van der Waals surface area contributed by atoms with Crippen LogP contribution in [-0.4, -0.2) is 51.9 Å². The third-order valence-corrected chi connectivity index (χ3v) is 6.19. The van der Waals surface area contributed by atoms with Crippen LogP contribution in [0.15, 0.2) is 73.3 Å². The number of halogens is 1. The zero-order valence-electron chi connectivity index (χ0n) is 20.6. The van der Waals surface area contributed by atoms with Gasteiger partial charge in [0.15, 0.2) is 0 Å². The lowest BCUT2D eigenvalue weighted by molar-refractivity contribution is 0.0342. The molecule has 0 spiro atoms. The van der Waals surface area contributed by atoms with E-state index in [9.17, 15) is 9.18 Å². The van der Waals surface area contributed by atoms with Gasteiger partial charge in [-0.15, -0.1) is 0 Å². The van der Waals surface area contributed by atoms with E-state index in [0.717, 1.165) is 35.3 Å². The Hall–Kier alpha value is -4.08. The number of nitrogens with one attached hydrogen (secondary N) is 1. The van der Waals surface area contributed by atoms with Crippen LogP contribution in [-0.2, 0) is 24.9 Å². The van der Waals surface area contributed by atoms with E-state index in [1.807, 2.05) is 25.4 Å². The predicted octanol–water partition coefficient (Wildman–Crippen LogP) is 4.28. The number of carbonyl (C=O) groups is 1. The fourth-order valence-electron chi connectivity index (χ4n) is 4.26. The minimum Gasteiger partial charge on any atom is -0.488 e. The molecule has 37 heavy (non-hydrogen) atoms. The molecule has 1 fully saturated rings. The van der Waals surface area contributed by atoms with E-state index >= 15 is 0 Å². The molecule has 1 saturated heterocycles. The van der Waals surface area contributed by atoms with Crippen molar-refractivity contribution < 1.29 is 18.7 Å². The number of rotatable bonds is 8. The minimum absolute atomic E-state index is 0.191. The number of aromatic nitrogens is 3. The summed E-state index contributed by atoms with van der Waals surface area (Å²) in [6, 6.07) is 13.5. The number of benzene rings is 2. The van der Waals surface area contributed by atoms with Crippen molar-refractivity contribution in [3.8, 4) is 16.9 Å². The molecule has 190 valence electrons. The van der Waals surface area contributed by atoms with Crippen LogP contribution < -0.4 is 10.1 Å². The smallest absolute Gasteiger partial charge is 0.259 e. The maximum absolute atomic E-state index is 13.5.